The van der Waals surface area contributed by atoms with Crippen LogP contribution in [0.4, 0.5) is 0 Å². The van der Waals surface area contributed by atoms with Gasteiger partial charge in [-0.15, -0.1) is 0 Å². The molecule has 5 nitrogen and oxygen atoms in total. The average molecular weight is 346 g/mol. The van der Waals surface area contributed by atoms with E-state index in [-0.39, 0.29) is 5.82 Å². The lowest BCUT2D eigenvalue weighted by atomic mass is 10.1. The minimum atomic E-state index is -0.614. The van der Waals surface area contributed by atoms with Gasteiger partial charge < -0.3 is 5.73 Å². The Labute approximate surface area is 131 Å². The highest BCUT2D eigenvalue weighted by Gasteiger charge is 2.20. The fraction of sp³-hybridized carbons (Fsp3) is 0.267. The Balaban J connectivity index is 1.79. The van der Waals surface area contributed by atoms with E-state index in [0.717, 1.165) is 35.2 Å². The Hall–Kier alpha value is -1.79. The fourth-order valence-corrected chi connectivity index (χ4v) is 2.82. The molecule has 1 aromatic carbocycles. The van der Waals surface area contributed by atoms with Crippen molar-refractivity contribution in [2.75, 3.05) is 6.54 Å². The molecule has 1 amide bonds. The van der Waals surface area contributed by atoms with Gasteiger partial charge in [0.1, 0.15) is 0 Å². The third-order valence-corrected chi connectivity index (χ3v) is 4.28. The van der Waals surface area contributed by atoms with E-state index in [9.17, 15) is 4.79 Å². The summed E-state index contributed by atoms with van der Waals surface area (Å²) in [6.45, 7) is 2.43. The number of halogens is 1. The van der Waals surface area contributed by atoms with E-state index in [1.54, 1.807) is 0 Å². The Morgan fingerprint density at radius 1 is 1.43 bits per heavy atom. The maximum Gasteiger partial charge on any atom is 0.286 e. The number of carbonyl (C=O) groups is 1. The van der Waals surface area contributed by atoms with Gasteiger partial charge in [-0.2, -0.15) is 0 Å². The standard InChI is InChI=1S/C15H14BrN4O/c16-12-4-2-1-3-11(12)8-20-6-5-10-7-18-15(14(17)21)19-13(10)9-20/h1-4H,5-6,8-9H2,(H2,17,21). The van der Waals surface area contributed by atoms with Crippen molar-refractivity contribution in [2.24, 2.45) is 5.73 Å². The number of fused-ring (bicyclic) bond motifs is 1. The zero-order valence-electron chi connectivity index (χ0n) is 11.3. The number of rotatable bonds is 3. The van der Waals surface area contributed by atoms with Crippen molar-refractivity contribution in [1.82, 2.24) is 14.9 Å². The Morgan fingerprint density at radius 2 is 2.24 bits per heavy atom. The SMILES string of the molecule is NC(=O)c1n[c]c2c(n1)CN(Cc1ccccc1Br)CC2. The Morgan fingerprint density at radius 3 is 3.00 bits per heavy atom. The van der Waals surface area contributed by atoms with Crippen molar-refractivity contribution >= 4 is 21.8 Å². The summed E-state index contributed by atoms with van der Waals surface area (Å²) in [5, 5.41) is 0. The molecular weight excluding hydrogens is 332 g/mol. The predicted molar refractivity (Wildman–Crippen MR) is 81.3 cm³/mol. The molecule has 0 unspecified atom stereocenters. The molecule has 2 aromatic rings. The first kappa shape index (κ1) is 14.2. The highest BCUT2D eigenvalue weighted by Crippen LogP contribution is 2.22. The summed E-state index contributed by atoms with van der Waals surface area (Å²) < 4.78 is 1.10. The summed E-state index contributed by atoms with van der Waals surface area (Å²) in [6, 6.07) is 8.16. The molecule has 6 heteroatoms. The van der Waals surface area contributed by atoms with Gasteiger partial charge in [0, 0.05) is 29.7 Å². The number of aromatic nitrogens is 2. The Bertz CT molecular complexity index is 689. The van der Waals surface area contributed by atoms with Crippen LogP contribution in [0.2, 0.25) is 0 Å². The highest BCUT2D eigenvalue weighted by molar-refractivity contribution is 9.10. The van der Waals surface area contributed by atoms with Gasteiger partial charge in [0.05, 0.1) is 11.9 Å². The number of primary amides is 1. The molecule has 0 atom stereocenters. The number of carbonyl (C=O) groups excluding carboxylic acids is 1. The van der Waals surface area contributed by atoms with E-state index in [4.69, 9.17) is 5.73 Å². The predicted octanol–water partition coefficient (Wildman–Crippen LogP) is 1.70. The molecule has 1 radical (unpaired) electrons. The summed E-state index contributed by atoms with van der Waals surface area (Å²) in [4.78, 5) is 21.6. The van der Waals surface area contributed by atoms with Crippen LogP contribution in [0.25, 0.3) is 0 Å². The molecule has 0 saturated heterocycles. The van der Waals surface area contributed by atoms with Crippen LogP contribution in [-0.4, -0.2) is 27.3 Å². The molecule has 3 rings (SSSR count). The third-order valence-electron chi connectivity index (χ3n) is 3.51. The van der Waals surface area contributed by atoms with Crippen molar-refractivity contribution < 1.29 is 4.79 Å². The van der Waals surface area contributed by atoms with Crippen LogP contribution < -0.4 is 5.73 Å². The zero-order chi connectivity index (χ0) is 14.8. The first-order valence-corrected chi connectivity index (χ1v) is 7.46. The largest absolute Gasteiger partial charge is 0.363 e. The number of nitrogens with zero attached hydrogens (tertiary/aromatic N) is 3. The summed E-state index contributed by atoms with van der Waals surface area (Å²) in [6.07, 6.45) is 3.72. The molecule has 0 fully saturated rings. The zero-order valence-corrected chi connectivity index (χ0v) is 12.9. The summed E-state index contributed by atoms with van der Waals surface area (Å²) in [5.74, 6) is -0.575. The number of hydrogen-bond acceptors (Lipinski definition) is 4. The van der Waals surface area contributed by atoms with Crippen molar-refractivity contribution in [2.45, 2.75) is 19.5 Å². The second-order valence-corrected chi connectivity index (χ2v) is 5.85. The van der Waals surface area contributed by atoms with E-state index in [2.05, 4.69) is 43.1 Å². The molecule has 0 spiro atoms. The third kappa shape index (κ3) is 3.11. The molecule has 21 heavy (non-hydrogen) atoms. The number of benzene rings is 1. The van der Waals surface area contributed by atoms with Crippen LogP contribution in [0.3, 0.4) is 0 Å². The number of amides is 1. The first-order valence-electron chi connectivity index (χ1n) is 6.66. The smallest absolute Gasteiger partial charge is 0.286 e. The molecule has 2 heterocycles. The molecule has 1 aromatic heterocycles. The van der Waals surface area contributed by atoms with Gasteiger partial charge in [0.25, 0.3) is 5.91 Å². The van der Waals surface area contributed by atoms with Crippen LogP contribution in [0.1, 0.15) is 27.4 Å². The monoisotopic (exact) mass is 345 g/mol. The molecule has 107 valence electrons. The van der Waals surface area contributed by atoms with Gasteiger partial charge in [-0.1, -0.05) is 34.1 Å². The van der Waals surface area contributed by atoms with Crippen LogP contribution in [0.5, 0.6) is 0 Å². The van der Waals surface area contributed by atoms with Gasteiger partial charge in [-0.3, -0.25) is 9.69 Å². The lowest BCUT2D eigenvalue weighted by Gasteiger charge is -2.28. The van der Waals surface area contributed by atoms with Crippen molar-refractivity contribution in [3.63, 3.8) is 0 Å². The Kier molecular flexibility index (Phi) is 3.98. The normalized spacial score (nSPS) is 14.7. The number of hydrogen-bond donors (Lipinski definition) is 1. The van der Waals surface area contributed by atoms with Crippen molar-refractivity contribution in [3.05, 3.63) is 57.6 Å². The fourth-order valence-electron chi connectivity index (χ4n) is 2.41. The molecule has 0 aliphatic carbocycles. The van der Waals surface area contributed by atoms with Crippen LogP contribution in [0, 0.1) is 6.20 Å². The molecule has 1 aliphatic rings. The second kappa shape index (κ2) is 5.91. The van der Waals surface area contributed by atoms with Gasteiger partial charge in [-0.05, 0) is 18.1 Å². The lowest BCUT2D eigenvalue weighted by Crippen LogP contribution is -2.32. The lowest BCUT2D eigenvalue weighted by molar-refractivity contribution is 0.0989. The first-order chi connectivity index (χ1) is 10.1. The maximum absolute atomic E-state index is 11.2. The van der Waals surface area contributed by atoms with Crippen molar-refractivity contribution in [1.29, 1.82) is 0 Å². The molecule has 2 N–H and O–H groups in total. The quantitative estimate of drug-likeness (QED) is 0.918. The van der Waals surface area contributed by atoms with Gasteiger partial charge in [0.2, 0.25) is 5.82 Å². The minimum Gasteiger partial charge on any atom is -0.363 e. The maximum atomic E-state index is 11.2. The van der Waals surface area contributed by atoms with Crippen LogP contribution >= 0.6 is 15.9 Å². The minimum absolute atomic E-state index is 0.0384. The van der Waals surface area contributed by atoms with Gasteiger partial charge in [-0.25, -0.2) is 9.97 Å². The number of nitrogens with two attached hydrogens (primary N) is 1. The van der Waals surface area contributed by atoms with E-state index in [1.807, 2.05) is 18.2 Å². The van der Waals surface area contributed by atoms with E-state index in [1.165, 1.54) is 5.56 Å². The second-order valence-electron chi connectivity index (χ2n) is 5.00. The summed E-state index contributed by atoms with van der Waals surface area (Å²) in [5.41, 5.74) is 8.27. The molecule has 0 saturated carbocycles. The van der Waals surface area contributed by atoms with Crippen LogP contribution in [0.15, 0.2) is 28.7 Å². The van der Waals surface area contributed by atoms with Crippen molar-refractivity contribution in [3.8, 4) is 0 Å². The molecular formula is C15H14BrN4O. The van der Waals surface area contributed by atoms with E-state index in [0.29, 0.717) is 6.54 Å². The van der Waals surface area contributed by atoms with Gasteiger partial charge >= 0.3 is 0 Å². The molecule has 1 aliphatic heterocycles. The van der Waals surface area contributed by atoms with Crippen LogP contribution in [-0.2, 0) is 19.5 Å². The average Bonchev–Trinajstić information content (AvgIpc) is 2.49. The van der Waals surface area contributed by atoms with E-state index < -0.39 is 5.91 Å². The van der Waals surface area contributed by atoms with E-state index >= 15 is 0 Å². The summed E-state index contributed by atoms with van der Waals surface area (Å²) in [7, 11) is 0. The van der Waals surface area contributed by atoms with Gasteiger partial charge in [0.15, 0.2) is 0 Å². The topological polar surface area (TPSA) is 72.1 Å². The summed E-state index contributed by atoms with van der Waals surface area (Å²) >= 11 is 3.57. The highest BCUT2D eigenvalue weighted by atomic mass is 79.9. The molecule has 0 bridgehead atoms.